The topological polar surface area (TPSA) is 101 Å². The van der Waals surface area contributed by atoms with Crippen LogP contribution in [0.1, 0.15) is 28.4 Å². The van der Waals surface area contributed by atoms with Gasteiger partial charge in [0.1, 0.15) is 6.04 Å². The number of benzene rings is 2. The molecule has 0 radical (unpaired) electrons. The number of hydrogen-bond acceptors (Lipinski definition) is 4. The van der Waals surface area contributed by atoms with Crippen molar-refractivity contribution in [1.82, 2.24) is 10.6 Å². The molecule has 130 valence electrons. The van der Waals surface area contributed by atoms with Gasteiger partial charge in [-0.15, -0.1) is 0 Å². The highest BCUT2D eigenvalue weighted by atomic mass is 16.6. The Labute approximate surface area is 145 Å². The number of carbonyl (C=O) groups is 2. The molecule has 0 aromatic heterocycles. The Hall–Kier alpha value is -3.22. The fraction of sp³-hybridized carbons (Fsp3) is 0.222. The average Bonchev–Trinajstić information content (AvgIpc) is 2.60. The first kappa shape index (κ1) is 18.1. The molecule has 2 rings (SSSR count). The summed E-state index contributed by atoms with van der Waals surface area (Å²) in [5.74, 6) is -0.858. The predicted octanol–water partition coefficient (Wildman–Crippen LogP) is 2.34. The number of nitro groups is 1. The number of rotatable bonds is 6. The number of nitrogens with one attached hydrogen (secondary N) is 2. The van der Waals surface area contributed by atoms with Crippen LogP contribution in [0, 0.1) is 17.0 Å². The van der Waals surface area contributed by atoms with E-state index in [4.69, 9.17) is 0 Å². The van der Waals surface area contributed by atoms with Crippen molar-refractivity contribution in [3.8, 4) is 0 Å². The van der Waals surface area contributed by atoms with Gasteiger partial charge < -0.3 is 10.6 Å². The maximum Gasteiger partial charge on any atom is 0.273 e. The Morgan fingerprint density at radius 1 is 1.12 bits per heavy atom. The van der Waals surface area contributed by atoms with Crippen LogP contribution >= 0.6 is 0 Å². The smallest absolute Gasteiger partial charge is 0.273 e. The number of nitrogens with zero attached hydrogens (tertiary/aromatic N) is 1. The Kier molecular flexibility index (Phi) is 5.84. The van der Waals surface area contributed by atoms with Crippen molar-refractivity contribution in [2.24, 2.45) is 0 Å². The summed E-state index contributed by atoms with van der Waals surface area (Å²) in [7, 11) is 0. The highest BCUT2D eigenvalue weighted by Crippen LogP contribution is 2.21. The highest BCUT2D eigenvalue weighted by molar-refractivity contribution is 5.99. The summed E-state index contributed by atoms with van der Waals surface area (Å²) in [5.41, 5.74) is 1.26. The second-order valence-electron chi connectivity index (χ2n) is 5.61. The molecule has 1 unspecified atom stereocenters. The quantitative estimate of drug-likeness (QED) is 0.622. The molecular weight excluding hydrogens is 322 g/mol. The summed E-state index contributed by atoms with van der Waals surface area (Å²) in [4.78, 5) is 34.8. The molecule has 0 saturated carbocycles. The van der Waals surface area contributed by atoms with Gasteiger partial charge in [-0.2, -0.15) is 0 Å². The summed E-state index contributed by atoms with van der Waals surface area (Å²) in [6.07, 6.45) is 0. The van der Waals surface area contributed by atoms with E-state index in [0.29, 0.717) is 6.54 Å². The van der Waals surface area contributed by atoms with E-state index in [0.717, 1.165) is 5.56 Å². The van der Waals surface area contributed by atoms with Crippen molar-refractivity contribution in [2.45, 2.75) is 26.4 Å². The predicted molar refractivity (Wildman–Crippen MR) is 93.1 cm³/mol. The van der Waals surface area contributed by atoms with Crippen LogP contribution in [0.2, 0.25) is 0 Å². The van der Waals surface area contributed by atoms with Gasteiger partial charge in [0, 0.05) is 23.7 Å². The van der Waals surface area contributed by atoms with Gasteiger partial charge in [0.15, 0.2) is 0 Å². The third-order valence-corrected chi connectivity index (χ3v) is 3.80. The summed E-state index contributed by atoms with van der Waals surface area (Å²) >= 11 is 0. The molecule has 2 aromatic carbocycles. The standard InChI is InChI=1S/C18H19N3O4/c1-12-15(9-6-10-16(12)21(24)25)18(23)20-13(2)17(22)19-11-14-7-4-3-5-8-14/h3-10,13H,11H2,1-2H3,(H,19,22)(H,20,23). The Bertz CT molecular complexity index is 790. The molecule has 2 N–H and O–H groups in total. The van der Waals surface area contributed by atoms with E-state index in [1.807, 2.05) is 30.3 Å². The molecule has 1 atom stereocenters. The van der Waals surface area contributed by atoms with Crippen LogP contribution in [0.15, 0.2) is 48.5 Å². The van der Waals surface area contributed by atoms with E-state index >= 15 is 0 Å². The van der Waals surface area contributed by atoms with Crippen molar-refractivity contribution in [1.29, 1.82) is 0 Å². The van der Waals surface area contributed by atoms with Gasteiger partial charge in [-0.25, -0.2) is 0 Å². The molecule has 0 aliphatic carbocycles. The zero-order chi connectivity index (χ0) is 18.4. The third-order valence-electron chi connectivity index (χ3n) is 3.80. The van der Waals surface area contributed by atoms with Crippen molar-refractivity contribution in [3.05, 3.63) is 75.3 Å². The maximum absolute atomic E-state index is 12.3. The molecule has 7 heteroatoms. The largest absolute Gasteiger partial charge is 0.350 e. The zero-order valence-electron chi connectivity index (χ0n) is 14.0. The van der Waals surface area contributed by atoms with Gasteiger partial charge in [0.25, 0.3) is 11.6 Å². The van der Waals surface area contributed by atoms with Gasteiger partial charge in [-0.3, -0.25) is 19.7 Å². The molecule has 2 amide bonds. The number of amides is 2. The molecule has 0 spiro atoms. The highest BCUT2D eigenvalue weighted by Gasteiger charge is 2.21. The van der Waals surface area contributed by atoms with Gasteiger partial charge >= 0.3 is 0 Å². The number of carbonyl (C=O) groups excluding carboxylic acids is 2. The second kappa shape index (κ2) is 8.05. The minimum Gasteiger partial charge on any atom is -0.350 e. The molecule has 25 heavy (non-hydrogen) atoms. The van der Waals surface area contributed by atoms with Gasteiger partial charge in [-0.1, -0.05) is 36.4 Å². The lowest BCUT2D eigenvalue weighted by atomic mass is 10.1. The lowest BCUT2D eigenvalue weighted by molar-refractivity contribution is -0.385. The summed E-state index contributed by atoms with van der Waals surface area (Å²) in [5, 5.41) is 16.3. The van der Waals surface area contributed by atoms with Gasteiger partial charge in [0.05, 0.1) is 4.92 Å². The van der Waals surface area contributed by atoms with Crippen LogP contribution in [-0.4, -0.2) is 22.8 Å². The van der Waals surface area contributed by atoms with Crippen LogP contribution in [0.25, 0.3) is 0 Å². The molecule has 0 bridgehead atoms. The van der Waals surface area contributed by atoms with Crippen molar-refractivity contribution in [3.63, 3.8) is 0 Å². The monoisotopic (exact) mass is 341 g/mol. The van der Waals surface area contributed by atoms with E-state index < -0.39 is 16.9 Å². The SMILES string of the molecule is Cc1c(C(=O)NC(C)C(=O)NCc2ccccc2)cccc1[N+](=O)[O-]. The van der Waals surface area contributed by atoms with Crippen LogP contribution in [-0.2, 0) is 11.3 Å². The Morgan fingerprint density at radius 2 is 1.80 bits per heavy atom. The lowest BCUT2D eigenvalue weighted by Gasteiger charge is -2.15. The van der Waals surface area contributed by atoms with Crippen molar-refractivity contribution >= 4 is 17.5 Å². The van der Waals surface area contributed by atoms with Crippen LogP contribution < -0.4 is 10.6 Å². The van der Waals surface area contributed by atoms with E-state index in [2.05, 4.69) is 10.6 Å². The van der Waals surface area contributed by atoms with E-state index in [1.165, 1.54) is 25.1 Å². The molecule has 2 aromatic rings. The normalized spacial score (nSPS) is 11.4. The summed E-state index contributed by atoms with van der Waals surface area (Å²) in [6, 6.07) is 12.9. The van der Waals surface area contributed by atoms with Gasteiger partial charge in [0.2, 0.25) is 5.91 Å². The maximum atomic E-state index is 12.3. The fourth-order valence-electron chi connectivity index (χ4n) is 2.35. The number of nitro benzene ring substituents is 1. The first-order valence-corrected chi connectivity index (χ1v) is 7.76. The summed E-state index contributed by atoms with van der Waals surface area (Å²) in [6.45, 7) is 3.42. The number of hydrogen-bond donors (Lipinski definition) is 2. The average molecular weight is 341 g/mol. The molecule has 0 fully saturated rings. The van der Waals surface area contributed by atoms with Crippen LogP contribution in [0.5, 0.6) is 0 Å². The molecule has 0 saturated heterocycles. The Morgan fingerprint density at radius 3 is 2.44 bits per heavy atom. The molecular formula is C18H19N3O4. The molecule has 0 heterocycles. The second-order valence-corrected chi connectivity index (χ2v) is 5.61. The first-order chi connectivity index (χ1) is 11.9. The lowest BCUT2D eigenvalue weighted by Crippen LogP contribution is -2.44. The van der Waals surface area contributed by atoms with Crippen LogP contribution in [0.4, 0.5) is 5.69 Å². The van der Waals surface area contributed by atoms with Gasteiger partial charge in [-0.05, 0) is 25.5 Å². The molecule has 0 aliphatic rings. The minimum atomic E-state index is -0.769. The first-order valence-electron chi connectivity index (χ1n) is 7.76. The summed E-state index contributed by atoms with van der Waals surface area (Å²) < 4.78 is 0. The molecule has 0 aliphatic heterocycles. The van der Waals surface area contributed by atoms with Crippen molar-refractivity contribution < 1.29 is 14.5 Å². The minimum absolute atomic E-state index is 0.131. The third kappa shape index (κ3) is 4.63. The van der Waals surface area contributed by atoms with E-state index in [9.17, 15) is 19.7 Å². The van der Waals surface area contributed by atoms with E-state index in [1.54, 1.807) is 6.92 Å². The zero-order valence-corrected chi connectivity index (χ0v) is 14.0. The van der Waals surface area contributed by atoms with E-state index in [-0.39, 0.29) is 22.7 Å². The van der Waals surface area contributed by atoms with Crippen LogP contribution in [0.3, 0.4) is 0 Å². The Balaban J connectivity index is 1.99. The fourth-order valence-corrected chi connectivity index (χ4v) is 2.35. The van der Waals surface area contributed by atoms with Crippen molar-refractivity contribution in [2.75, 3.05) is 0 Å². The molecule has 7 nitrogen and oxygen atoms in total.